The zero-order chi connectivity index (χ0) is 14.7. The second-order valence-electron chi connectivity index (χ2n) is 4.64. The Hall–Kier alpha value is -2.33. The van der Waals surface area contributed by atoms with Crippen molar-refractivity contribution in [3.63, 3.8) is 0 Å². The fraction of sp³-hybridized carbons (Fsp3) is 0.125. The van der Waals surface area contributed by atoms with Crippen LogP contribution in [0.3, 0.4) is 0 Å². The van der Waals surface area contributed by atoms with Crippen LogP contribution < -0.4 is 5.32 Å². The number of carbonyl (C=O) groups excluding carboxylic acids is 1. The maximum absolute atomic E-state index is 11.5. The SMILES string of the molecule is O=C(/C=C/c1cc2c(cn1)[nH]c1ccccc12)NCCCl. The molecule has 3 aromatic rings. The van der Waals surface area contributed by atoms with E-state index < -0.39 is 0 Å². The van der Waals surface area contributed by atoms with E-state index in [0.717, 1.165) is 27.5 Å². The van der Waals surface area contributed by atoms with Gasteiger partial charge >= 0.3 is 0 Å². The van der Waals surface area contributed by atoms with E-state index in [1.807, 2.05) is 24.3 Å². The number of nitrogens with zero attached hydrogens (tertiary/aromatic N) is 1. The molecule has 5 heteroatoms. The molecule has 2 N–H and O–H groups in total. The standard InChI is InChI=1S/C16H14ClN3O/c17-7-8-18-16(21)6-5-11-9-13-12-3-1-2-4-14(12)20-15(13)10-19-11/h1-6,9-10,20H,7-8H2,(H,18,21)/b6-5+. The van der Waals surface area contributed by atoms with Crippen molar-refractivity contribution in [2.45, 2.75) is 0 Å². The highest BCUT2D eigenvalue weighted by Crippen LogP contribution is 2.25. The summed E-state index contributed by atoms with van der Waals surface area (Å²) in [5.74, 6) is 0.232. The summed E-state index contributed by atoms with van der Waals surface area (Å²) >= 11 is 5.52. The van der Waals surface area contributed by atoms with Gasteiger partial charge in [-0.3, -0.25) is 9.78 Å². The van der Waals surface area contributed by atoms with Crippen LogP contribution in [0, 0.1) is 0 Å². The van der Waals surface area contributed by atoms with Gasteiger partial charge in [0.1, 0.15) is 0 Å². The highest BCUT2D eigenvalue weighted by atomic mass is 35.5. The predicted molar refractivity (Wildman–Crippen MR) is 86.4 cm³/mol. The number of rotatable bonds is 4. The zero-order valence-electron chi connectivity index (χ0n) is 11.3. The molecule has 0 saturated carbocycles. The third-order valence-corrected chi connectivity index (χ3v) is 3.40. The molecule has 2 aromatic heterocycles. The van der Waals surface area contributed by atoms with Gasteiger partial charge in [0.25, 0.3) is 0 Å². The van der Waals surface area contributed by atoms with Crippen molar-refractivity contribution in [2.75, 3.05) is 12.4 Å². The molecule has 0 saturated heterocycles. The second kappa shape index (κ2) is 5.97. The number of halogens is 1. The van der Waals surface area contributed by atoms with Crippen LogP contribution in [0.25, 0.3) is 27.9 Å². The minimum atomic E-state index is -0.170. The van der Waals surface area contributed by atoms with Gasteiger partial charge in [0.05, 0.1) is 17.4 Å². The first-order valence-electron chi connectivity index (χ1n) is 6.66. The van der Waals surface area contributed by atoms with Crippen molar-refractivity contribution >= 4 is 45.4 Å². The molecule has 0 spiro atoms. The minimum Gasteiger partial charge on any atom is -0.353 e. The summed E-state index contributed by atoms with van der Waals surface area (Å²) in [7, 11) is 0. The molecule has 1 aromatic carbocycles. The molecule has 3 rings (SSSR count). The smallest absolute Gasteiger partial charge is 0.244 e. The van der Waals surface area contributed by atoms with Crippen molar-refractivity contribution in [3.05, 3.63) is 48.3 Å². The number of pyridine rings is 1. The molecule has 0 unspecified atom stereocenters. The lowest BCUT2D eigenvalue weighted by Gasteiger charge is -1.97. The Morgan fingerprint density at radius 3 is 3.00 bits per heavy atom. The van der Waals surface area contributed by atoms with Crippen LogP contribution in [0.5, 0.6) is 0 Å². The summed E-state index contributed by atoms with van der Waals surface area (Å²) in [6.45, 7) is 0.458. The van der Waals surface area contributed by atoms with Crippen LogP contribution in [0.4, 0.5) is 0 Å². The highest BCUT2D eigenvalue weighted by Gasteiger charge is 2.04. The Kier molecular flexibility index (Phi) is 3.88. The lowest BCUT2D eigenvalue weighted by molar-refractivity contribution is -0.116. The summed E-state index contributed by atoms with van der Waals surface area (Å²) in [5, 5.41) is 4.92. The molecule has 106 valence electrons. The van der Waals surface area contributed by atoms with Crippen molar-refractivity contribution in [1.29, 1.82) is 0 Å². The summed E-state index contributed by atoms with van der Waals surface area (Å²) in [6.07, 6.45) is 4.95. The fourth-order valence-corrected chi connectivity index (χ4v) is 2.34. The van der Waals surface area contributed by atoms with Gasteiger partial charge in [-0.05, 0) is 18.2 Å². The van der Waals surface area contributed by atoms with Crippen LogP contribution in [-0.4, -0.2) is 28.3 Å². The Labute approximate surface area is 126 Å². The minimum absolute atomic E-state index is 0.170. The normalized spacial score (nSPS) is 11.5. The maximum Gasteiger partial charge on any atom is 0.244 e. The molecular weight excluding hydrogens is 286 g/mol. The van der Waals surface area contributed by atoms with Crippen LogP contribution in [0.1, 0.15) is 5.69 Å². The number of fused-ring (bicyclic) bond motifs is 3. The van der Waals surface area contributed by atoms with E-state index in [4.69, 9.17) is 11.6 Å². The van der Waals surface area contributed by atoms with Crippen molar-refractivity contribution < 1.29 is 4.79 Å². The largest absolute Gasteiger partial charge is 0.353 e. The van der Waals surface area contributed by atoms with E-state index >= 15 is 0 Å². The highest BCUT2D eigenvalue weighted by molar-refractivity contribution is 6.18. The van der Waals surface area contributed by atoms with Gasteiger partial charge in [-0.2, -0.15) is 0 Å². The number of para-hydroxylation sites is 1. The molecule has 0 radical (unpaired) electrons. The number of aromatic nitrogens is 2. The fourth-order valence-electron chi connectivity index (χ4n) is 2.25. The Morgan fingerprint density at radius 2 is 2.14 bits per heavy atom. The maximum atomic E-state index is 11.5. The molecule has 0 fully saturated rings. The van der Waals surface area contributed by atoms with Crippen LogP contribution >= 0.6 is 11.6 Å². The summed E-state index contributed by atoms with van der Waals surface area (Å²) in [4.78, 5) is 19.2. The van der Waals surface area contributed by atoms with Crippen LogP contribution in [0.2, 0.25) is 0 Å². The molecule has 2 heterocycles. The number of nitrogens with one attached hydrogen (secondary N) is 2. The van der Waals surface area contributed by atoms with E-state index in [1.165, 1.54) is 6.08 Å². The van der Waals surface area contributed by atoms with E-state index in [0.29, 0.717) is 12.4 Å². The average Bonchev–Trinajstić information content (AvgIpc) is 2.89. The molecule has 0 bridgehead atoms. The molecule has 1 amide bonds. The second-order valence-corrected chi connectivity index (χ2v) is 5.02. The first-order valence-corrected chi connectivity index (χ1v) is 7.20. The Bertz CT molecular complexity index is 823. The first kappa shape index (κ1) is 13.6. The lowest BCUT2D eigenvalue weighted by atomic mass is 10.1. The van der Waals surface area contributed by atoms with Crippen molar-refractivity contribution in [2.24, 2.45) is 0 Å². The Balaban J connectivity index is 1.92. The zero-order valence-corrected chi connectivity index (χ0v) is 12.0. The van der Waals surface area contributed by atoms with E-state index in [-0.39, 0.29) is 5.91 Å². The lowest BCUT2D eigenvalue weighted by Crippen LogP contribution is -2.22. The van der Waals surface area contributed by atoms with Gasteiger partial charge < -0.3 is 10.3 Å². The first-order chi connectivity index (χ1) is 10.3. The van der Waals surface area contributed by atoms with Crippen LogP contribution in [0.15, 0.2) is 42.6 Å². The molecular formula is C16H14ClN3O. The number of benzene rings is 1. The predicted octanol–water partition coefficient (Wildman–Crippen LogP) is 3.08. The van der Waals surface area contributed by atoms with Gasteiger partial charge in [-0.15, -0.1) is 11.6 Å². The topological polar surface area (TPSA) is 57.8 Å². The number of hydrogen-bond acceptors (Lipinski definition) is 2. The summed E-state index contributed by atoms with van der Waals surface area (Å²) in [5.41, 5.74) is 2.81. The van der Waals surface area contributed by atoms with E-state index in [2.05, 4.69) is 21.4 Å². The van der Waals surface area contributed by atoms with Crippen molar-refractivity contribution in [1.82, 2.24) is 15.3 Å². The van der Waals surface area contributed by atoms with Gasteiger partial charge in [0, 0.05) is 34.8 Å². The molecule has 21 heavy (non-hydrogen) atoms. The van der Waals surface area contributed by atoms with Gasteiger partial charge in [-0.25, -0.2) is 0 Å². The molecule has 0 atom stereocenters. The third kappa shape index (κ3) is 2.90. The van der Waals surface area contributed by atoms with Gasteiger partial charge in [-0.1, -0.05) is 18.2 Å². The van der Waals surface area contributed by atoms with Gasteiger partial charge in [0.15, 0.2) is 0 Å². The molecule has 0 aliphatic heterocycles. The van der Waals surface area contributed by atoms with Gasteiger partial charge in [0.2, 0.25) is 5.91 Å². The number of hydrogen-bond donors (Lipinski definition) is 2. The molecule has 0 aliphatic rings. The molecule has 0 aliphatic carbocycles. The number of aromatic amines is 1. The Morgan fingerprint density at radius 1 is 1.29 bits per heavy atom. The van der Waals surface area contributed by atoms with Crippen molar-refractivity contribution in [3.8, 4) is 0 Å². The van der Waals surface area contributed by atoms with Crippen LogP contribution in [-0.2, 0) is 4.79 Å². The summed E-state index contributed by atoms with van der Waals surface area (Å²) in [6, 6.07) is 10.1. The average molecular weight is 300 g/mol. The number of H-pyrrole nitrogens is 1. The summed E-state index contributed by atoms with van der Waals surface area (Å²) < 4.78 is 0. The quantitative estimate of drug-likeness (QED) is 0.574. The number of carbonyl (C=O) groups is 1. The molecule has 4 nitrogen and oxygen atoms in total. The van der Waals surface area contributed by atoms with E-state index in [1.54, 1.807) is 12.3 Å². The number of amides is 1. The monoisotopic (exact) mass is 299 g/mol. The van der Waals surface area contributed by atoms with E-state index in [9.17, 15) is 4.79 Å². The number of alkyl halides is 1. The third-order valence-electron chi connectivity index (χ3n) is 3.21.